The van der Waals surface area contributed by atoms with Crippen molar-refractivity contribution < 1.29 is 13.9 Å². The molecule has 4 nitrogen and oxygen atoms in total. The highest BCUT2D eigenvalue weighted by atomic mass is 16.5. The molecule has 0 aliphatic carbocycles. The number of hydrogen-bond donors (Lipinski definition) is 0. The molecule has 120 valence electrons. The number of carbonyl (C=O) groups excluding carboxylic acids is 1. The fourth-order valence-corrected chi connectivity index (χ4v) is 2.16. The smallest absolute Gasteiger partial charge is 0.336 e. The normalized spacial score (nSPS) is 11.5. The predicted molar refractivity (Wildman–Crippen MR) is 90.8 cm³/mol. The summed E-state index contributed by atoms with van der Waals surface area (Å²) in [5, 5.41) is 0.846. The van der Waals surface area contributed by atoms with Crippen LogP contribution in [0.2, 0.25) is 0 Å². The van der Waals surface area contributed by atoms with Gasteiger partial charge in [0.15, 0.2) is 5.78 Å². The number of fused-ring (bicyclic) bond motifs is 1. The van der Waals surface area contributed by atoms with Crippen LogP contribution in [-0.4, -0.2) is 12.4 Å². The molecule has 1 aromatic carbocycles. The number of ketones is 1. The lowest BCUT2D eigenvalue weighted by atomic mass is 10.1. The van der Waals surface area contributed by atoms with E-state index >= 15 is 0 Å². The molecule has 23 heavy (non-hydrogen) atoms. The second-order valence-corrected chi connectivity index (χ2v) is 5.64. The number of rotatable bonds is 7. The van der Waals surface area contributed by atoms with E-state index in [1.54, 1.807) is 18.2 Å². The van der Waals surface area contributed by atoms with Gasteiger partial charge < -0.3 is 9.15 Å². The Morgan fingerprint density at radius 2 is 2.00 bits per heavy atom. The molecule has 0 unspecified atom stereocenters. The van der Waals surface area contributed by atoms with Crippen LogP contribution in [0.15, 0.2) is 63.3 Å². The molecule has 0 bridgehead atoms. The summed E-state index contributed by atoms with van der Waals surface area (Å²) < 4.78 is 10.8. The average Bonchev–Trinajstić information content (AvgIpc) is 2.45. The van der Waals surface area contributed by atoms with Crippen molar-refractivity contribution in [2.24, 2.45) is 0 Å². The van der Waals surface area contributed by atoms with Crippen LogP contribution in [0.1, 0.15) is 26.7 Å². The molecule has 0 aliphatic heterocycles. The zero-order valence-electron chi connectivity index (χ0n) is 13.4. The Morgan fingerprint density at radius 1 is 1.26 bits per heavy atom. The van der Waals surface area contributed by atoms with Crippen molar-refractivity contribution in [2.45, 2.75) is 26.7 Å². The van der Waals surface area contributed by atoms with Crippen molar-refractivity contribution in [2.75, 3.05) is 6.61 Å². The number of carbonyl (C=O) groups is 1. The lowest BCUT2D eigenvalue weighted by Gasteiger charge is -2.07. The molecular formula is C19H20O4. The minimum atomic E-state index is -0.385. The Bertz CT molecular complexity index is 811. The molecule has 0 atom stereocenters. The maximum Gasteiger partial charge on any atom is 0.336 e. The van der Waals surface area contributed by atoms with Crippen LogP contribution in [0.25, 0.3) is 11.0 Å². The Hall–Kier alpha value is -2.62. The third-order valence-corrected chi connectivity index (χ3v) is 3.24. The van der Waals surface area contributed by atoms with E-state index in [0.29, 0.717) is 30.8 Å². The quantitative estimate of drug-likeness (QED) is 0.440. The first-order valence-corrected chi connectivity index (χ1v) is 7.45. The monoisotopic (exact) mass is 312 g/mol. The summed E-state index contributed by atoms with van der Waals surface area (Å²) >= 11 is 0. The molecule has 1 heterocycles. The van der Waals surface area contributed by atoms with Gasteiger partial charge in [0.05, 0.1) is 6.61 Å². The SMILES string of the molecule is C=C(C)CC(=O)/C=C(\C)CCOc1ccc2ccc(=O)oc2c1. The van der Waals surface area contributed by atoms with Crippen LogP contribution in [0.3, 0.4) is 0 Å². The van der Waals surface area contributed by atoms with Crippen molar-refractivity contribution in [3.63, 3.8) is 0 Å². The van der Waals surface area contributed by atoms with E-state index in [1.807, 2.05) is 26.0 Å². The highest BCUT2D eigenvalue weighted by Crippen LogP contribution is 2.19. The van der Waals surface area contributed by atoms with E-state index in [0.717, 1.165) is 16.5 Å². The summed E-state index contributed by atoms with van der Waals surface area (Å²) in [7, 11) is 0. The summed E-state index contributed by atoms with van der Waals surface area (Å²) in [4.78, 5) is 22.9. The molecule has 0 saturated carbocycles. The first-order valence-electron chi connectivity index (χ1n) is 7.45. The highest BCUT2D eigenvalue weighted by molar-refractivity contribution is 5.91. The van der Waals surface area contributed by atoms with Crippen LogP contribution in [0.5, 0.6) is 5.75 Å². The topological polar surface area (TPSA) is 56.5 Å². The highest BCUT2D eigenvalue weighted by Gasteiger charge is 2.02. The number of ether oxygens (including phenoxy) is 1. The van der Waals surface area contributed by atoms with E-state index in [9.17, 15) is 9.59 Å². The van der Waals surface area contributed by atoms with Gasteiger partial charge in [0.25, 0.3) is 0 Å². The Kier molecular flexibility index (Phi) is 5.52. The zero-order chi connectivity index (χ0) is 16.8. The molecule has 2 rings (SSSR count). The third kappa shape index (κ3) is 5.25. The molecule has 0 amide bonds. The fourth-order valence-electron chi connectivity index (χ4n) is 2.16. The van der Waals surface area contributed by atoms with Gasteiger partial charge in [-0.25, -0.2) is 4.79 Å². The fraction of sp³-hybridized carbons (Fsp3) is 0.263. The minimum Gasteiger partial charge on any atom is -0.493 e. The van der Waals surface area contributed by atoms with Gasteiger partial charge in [-0.3, -0.25) is 4.79 Å². The molecule has 0 radical (unpaired) electrons. The lowest BCUT2D eigenvalue weighted by molar-refractivity contribution is -0.114. The summed E-state index contributed by atoms with van der Waals surface area (Å²) in [5.41, 5.74) is 1.93. The second kappa shape index (κ2) is 7.58. The maximum absolute atomic E-state index is 11.7. The second-order valence-electron chi connectivity index (χ2n) is 5.64. The zero-order valence-corrected chi connectivity index (χ0v) is 13.4. The molecule has 4 heteroatoms. The van der Waals surface area contributed by atoms with Gasteiger partial charge in [0, 0.05) is 30.4 Å². The third-order valence-electron chi connectivity index (χ3n) is 3.24. The van der Waals surface area contributed by atoms with E-state index in [-0.39, 0.29) is 11.4 Å². The molecule has 2 aromatic rings. The van der Waals surface area contributed by atoms with Crippen molar-refractivity contribution >= 4 is 16.8 Å². The summed E-state index contributed by atoms with van der Waals surface area (Å²) in [6, 6.07) is 8.46. The van der Waals surface area contributed by atoms with Gasteiger partial charge in [-0.05, 0) is 38.1 Å². The van der Waals surface area contributed by atoms with Crippen molar-refractivity contribution in [3.8, 4) is 5.75 Å². The van der Waals surface area contributed by atoms with Crippen LogP contribution < -0.4 is 10.4 Å². The average molecular weight is 312 g/mol. The van der Waals surface area contributed by atoms with Crippen molar-refractivity contribution in [3.05, 3.63) is 64.6 Å². The van der Waals surface area contributed by atoms with Crippen LogP contribution in [0.4, 0.5) is 0 Å². The number of hydrogen-bond acceptors (Lipinski definition) is 4. The maximum atomic E-state index is 11.7. The molecule has 0 spiro atoms. The Balaban J connectivity index is 1.93. The van der Waals surface area contributed by atoms with E-state index in [1.165, 1.54) is 6.07 Å². The minimum absolute atomic E-state index is 0.0579. The van der Waals surface area contributed by atoms with Gasteiger partial charge >= 0.3 is 5.63 Å². The molecular weight excluding hydrogens is 292 g/mol. The standard InChI is InChI=1S/C19H20O4/c1-13(2)10-16(20)11-14(3)8-9-22-17-6-4-15-5-7-19(21)23-18(15)12-17/h4-7,11-12H,1,8-10H2,2-3H3/b14-11+. The van der Waals surface area contributed by atoms with Gasteiger partial charge in [-0.15, -0.1) is 0 Å². The Labute approximate surface area is 135 Å². The van der Waals surface area contributed by atoms with Gasteiger partial charge in [0.1, 0.15) is 11.3 Å². The molecule has 1 aromatic heterocycles. The molecule has 0 saturated heterocycles. The van der Waals surface area contributed by atoms with Gasteiger partial charge in [-0.1, -0.05) is 17.7 Å². The largest absolute Gasteiger partial charge is 0.493 e. The molecule has 0 fully saturated rings. The van der Waals surface area contributed by atoms with Crippen LogP contribution in [0, 0.1) is 0 Å². The number of allylic oxidation sites excluding steroid dienone is 2. The van der Waals surface area contributed by atoms with Crippen molar-refractivity contribution in [1.29, 1.82) is 0 Å². The summed E-state index contributed by atoms with van der Waals surface area (Å²) in [6.07, 6.45) is 2.66. The first kappa shape index (κ1) is 16.7. The van der Waals surface area contributed by atoms with E-state index in [2.05, 4.69) is 6.58 Å². The summed E-state index contributed by atoms with van der Waals surface area (Å²) in [6.45, 7) is 7.92. The van der Waals surface area contributed by atoms with Crippen molar-refractivity contribution in [1.82, 2.24) is 0 Å². The molecule has 0 aliphatic rings. The van der Waals surface area contributed by atoms with E-state index < -0.39 is 0 Å². The van der Waals surface area contributed by atoms with Crippen LogP contribution >= 0.6 is 0 Å². The first-order chi connectivity index (χ1) is 10.9. The number of benzene rings is 1. The van der Waals surface area contributed by atoms with Crippen LogP contribution in [-0.2, 0) is 4.79 Å². The van der Waals surface area contributed by atoms with E-state index in [4.69, 9.17) is 9.15 Å². The predicted octanol–water partition coefficient (Wildman–Crippen LogP) is 4.04. The summed E-state index contributed by atoms with van der Waals surface area (Å²) in [5.74, 6) is 0.690. The lowest BCUT2D eigenvalue weighted by Crippen LogP contribution is -2.01. The van der Waals surface area contributed by atoms with Gasteiger partial charge in [-0.2, -0.15) is 0 Å². The Morgan fingerprint density at radius 3 is 2.74 bits per heavy atom. The molecule has 0 N–H and O–H groups in total. The van der Waals surface area contributed by atoms with Gasteiger partial charge in [0.2, 0.25) is 0 Å².